The van der Waals surface area contributed by atoms with Crippen molar-refractivity contribution in [3.05, 3.63) is 29.0 Å². The van der Waals surface area contributed by atoms with Crippen LogP contribution in [-0.2, 0) is 0 Å². The molecule has 1 aromatic heterocycles. The molecular formula is C13H15ClN2O. The van der Waals surface area contributed by atoms with Crippen molar-refractivity contribution in [3.8, 4) is 0 Å². The van der Waals surface area contributed by atoms with Gasteiger partial charge < -0.3 is 5.32 Å². The van der Waals surface area contributed by atoms with Gasteiger partial charge in [-0.3, -0.25) is 4.79 Å². The maximum atomic E-state index is 11.9. The van der Waals surface area contributed by atoms with Crippen molar-refractivity contribution in [2.45, 2.75) is 25.7 Å². The summed E-state index contributed by atoms with van der Waals surface area (Å²) in [4.78, 5) is 15.9. The smallest absolute Gasteiger partial charge is 0.269 e. The van der Waals surface area contributed by atoms with Crippen LogP contribution in [0, 0.1) is 11.3 Å². The van der Waals surface area contributed by atoms with Gasteiger partial charge in [-0.1, -0.05) is 17.7 Å². The Hall–Kier alpha value is -1.09. The lowest BCUT2D eigenvalue weighted by molar-refractivity contribution is 0.0937. The van der Waals surface area contributed by atoms with Crippen molar-refractivity contribution in [2.24, 2.45) is 11.3 Å². The molecular weight excluding hydrogens is 236 g/mol. The summed E-state index contributed by atoms with van der Waals surface area (Å²) in [5.74, 6) is 0.745. The van der Waals surface area contributed by atoms with Crippen LogP contribution in [0.3, 0.4) is 0 Å². The SMILES string of the molecule is O=C(NCC1(C2CC2)CC1)c1cccc(Cl)n1. The largest absolute Gasteiger partial charge is 0.350 e. The Balaban J connectivity index is 1.60. The van der Waals surface area contributed by atoms with Crippen LogP contribution in [-0.4, -0.2) is 17.4 Å². The molecule has 2 saturated carbocycles. The summed E-state index contributed by atoms with van der Waals surface area (Å²) in [7, 11) is 0. The van der Waals surface area contributed by atoms with Gasteiger partial charge in [0, 0.05) is 6.54 Å². The normalized spacial score (nSPS) is 21.0. The zero-order valence-electron chi connectivity index (χ0n) is 9.58. The first-order valence-electron chi connectivity index (χ1n) is 6.10. The van der Waals surface area contributed by atoms with Gasteiger partial charge in [0.05, 0.1) is 0 Å². The second-order valence-corrected chi connectivity index (χ2v) is 5.55. The maximum Gasteiger partial charge on any atom is 0.269 e. The van der Waals surface area contributed by atoms with Crippen LogP contribution in [0.5, 0.6) is 0 Å². The van der Waals surface area contributed by atoms with Gasteiger partial charge in [0.15, 0.2) is 0 Å². The molecule has 2 aliphatic carbocycles. The molecule has 0 aliphatic heterocycles. The molecule has 0 aromatic carbocycles. The topological polar surface area (TPSA) is 42.0 Å². The predicted octanol–water partition coefficient (Wildman–Crippen LogP) is 2.66. The fourth-order valence-corrected chi connectivity index (χ4v) is 2.63. The maximum absolute atomic E-state index is 11.9. The van der Waals surface area contributed by atoms with E-state index in [2.05, 4.69) is 10.3 Å². The highest BCUT2D eigenvalue weighted by Crippen LogP contribution is 2.60. The van der Waals surface area contributed by atoms with Crippen LogP contribution in [0.25, 0.3) is 0 Å². The molecule has 0 saturated heterocycles. The van der Waals surface area contributed by atoms with Crippen LogP contribution in [0.2, 0.25) is 5.15 Å². The molecule has 0 atom stereocenters. The van der Waals surface area contributed by atoms with Crippen molar-refractivity contribution in [3.63, 3.8) is 0 Å². The number of halogens is 1. The summed E-state index contributed by atoms with van der Waals surface area (Å²) in [6.07, 6.45) is 5.21. The average molecular weight is 251 g/mol. The van der Waals surface area contributed by atoms with E-state index in [1.54, 1.807) is 18.2 Å². The molecule has 1 amide bonds. The van der Waals surface area contributed by atoms with Gasteiger partial charge in [0.1, 0.15) is 10.8 Å². The van der Waals surface area contributed by atoms with Crippen LogP contribution >= 0.6 is 11.6 Å². The van der Waals surface area contributed by atoms with E-state index in [4.69, 9.17) is 11.6 Å². The van der Waals surface area contributed by atoms with Crippen molar-refractivity contribution >= 4 is 17.5 Å². The minimum Gasteiger partial charge on any atom is -0.350 e. The van der Waals surface area contributed by atoms with Crippen molar-refractivity contribution in [2.75, 3.05) is 6.54 Å². The Bertz CT molecular complexity index is 452. The van der Waals surface area contributed by atoms with E-state index >= 15 is 0 Å². The van der Waals surface area contributed by atoms with E-state index in [1.807, 2.05) is 0 Å². The van der Waals surface area contributed by atoms with Gasteiger partial charge in [-0.25, -0.2) is 4.98 Å². The number of carbonyl (C=O) groups excluding carboxylic acids is 1. The number of rotatable bonds is 4. The predicted molar refractivity (Wildman–Crippen MR) is 66.0 cm³/mol. The van der Waals surface area contributed by atoms with E-state index in [-0.39, 0.29) is 5.91 Å². The molecule has 2 aliphatic rings. The van der Waals surface area contributed by atoms with Crippen LogP contribution < -0.4 is 5.32 Å². The van der Waals surface area contributed by atoms with Gasteiger partial charge >= 0.3 is 0 Å². The van der Waals surface area contributed by atoms with Crippen molar-refractivity contribution in [1.29, 1.82) is 0 Å². The molecule has 3 rings (SSSR count). The standard InChI is InChI=1S/C13H15ClN2O/c14-11-3-1-2-10(16-11)12(17)15-8-13(6-7-13)9-4-5-9/h1-3,9H,4-8H2,(H,15,17). The molecule has 90 valence electrons. The molecule has 1 aromatic rings. The molecule has 0 unspecified atom stereocenters. The van der Waals surface area contributed by atoms with Crippen molar-refractivity contribution in [1.82, 2.24) is 10.3 Å². The molecule has 1 heterocycles. The van der Waals surface area contributed by atoms with Gasteiger partial charge in [0.2, 0.25) is 0 Å². The Morgan fingerprint density at radius 1 is 1.47 bits per heavy atom. The second-order valence-electron chi connectivity index (χ2n) is 5.16. The third-order valence-electron chi connectivity index (χ3n) is 3.88. The van der Waals surface area contributed by atoms with Crippen LogP contribution in [0.1, 0.15) is 36.2 Å². The first-order chi connectivity index (χ1) is 8.20. The summed E-state index contributed by atoms with van der Waals surface area (Å²) in [5.41, 5.74) is 0.831. The third-order valence-corrected chi connectivity index (χ3v) is 4.09. The minimum atomic E-state index is -0.112. The highest BCUT2D eigenvalue weighted by molar-refractivity contribution is 6.29. The summed E-state index contributed by atoms with van der Waals surface area (Å²) in [6.45, 7) is 0.796. The second kappa shape index (κ2) is 3.98. The number of aromatic nitrogens is 1. The highest BCUT2D eigenvalue weighted by Gasteiger charge is 2.53. The third kappa shape index (κ3) is 2.29. The highest BCUT2D eigenvalue weighted by atomic mass is 35.5. The zero-order chi connectivity index (χ0) is 11.9. The molecule has 0 spiro atoms. The van der Waals surface area contributed by atoms with Gasteiger partial charge in [-0.15, -0.1) is 0 Å². The first kappa shape index (κ1) is 11.0. The Morgan fingerprint density at radius 2 is 2.24 bits per heavy atom. The summed E-state index contributed by atoms with van der Waals surface area (Å²) < 4.78 is 0. The summed E-state index contributed by atoms with van der Waals surface area (Å²) >= 11 is 5.76. The number of carbonyl (C=O) groups is 1. The first-order valence-corrected chi connectivity index (χ1v) is 6.48. The number of hydrogen-bond donors (Lipinski definition) is 1. The molecule has 2 fully saturated rings. The number of pyridine rings is 1. The molecule has 3 nitrogen and oxygen atoms in total. The van der Waals surface area contributed by atoms with E-state index < -0.39 is 0 Å². The molecule has 0 radical (unpaired) electrons. The van der Waals surface area contributed by atoms with E-state index in [0.29, 0.717) is 16.3 Å². The van der Waals surface area contributed by atoms with Gasteiger partial charge in [0.25, 0.3) is 5.91 Å². The lowest BCUT2D eigenvalue weighted by Gasteiger charge is -2.14. The fourth-order valence-electron chi connectivity index (χ4n) is 2.47. The van der Waals surface area contributed by atoms with Crippen LogP contribution in [0.4, 0.5) is 0 Å². The minimum absolute atomic E-state index is 0.112. The Morgan fingerprint density at radius 3 is 2.82 bits per heavy atom. The molecule has 1 N–H and O–H groups in total. The molecule has 4 heteroatoms. The lowest BCUT2D eigenvalue weighted by Crippen LogP contribution is -2.31. The number of nitrogens with one attached hydrogen (secondary N) is 1. The van der Waals surface area contributed by atoms with E-state index in [0.717, 1.165) is 12.5 Å². The van der Waals surface area contributed by atoms with Gasteiger partial charge in [-0.05, 0) is 49.1 Å². The van der Waals surface area contributed by atoms with Crippen molar-refractivity contribution < 1.29 is 4.79 Å². The molecule has 0 bridgehead atoms. The monoisotopic (exact) mass is 250 g/mol. The quantitative estimate of drug-likeness (QED) is 0.835. The average Bonchev–Trinajstić information content (AvgIpc) is 3.15. The number of amides is 1. The van der Waals surface area contributed by atoms with Gasteiger partial charge in [-0.2, -0.15) is 0 Å². The molecule has 17 heavy (non-hydrogen) atoms. The van der Waals surface area contributed by atoms with Crippen LogP contribution in [0.15, 0.2) is 18.2 Å². The van der Waals surface area contributed by atoms with E-state index in [9.17, 15) is 4.79 Å². The van der Waals surface area contributed by atoms with E-state index in [1.165, 1.54) is 25.7 Å². The summed E-state index contributed by atoms with van der Waals surface area (Å²) in [6, 6.07) is 5.11. The number of hydrogen-bond acceptors (Lipinski definition) is 2. The lowest BCUT2D eigenvalue weighted by atomic mass is 10.0. The Kier molecular flexibility index (Phi) is 2.58. The zero-order valence-corrected chi connectivity index (χ0v) is 10.3. The Labute approximate surface area is 106 Å². The fraction of sp³-hybridized carbons (Fsp3) is 0.538. The number of nitrogens with zero attached hydrogens (tertiary/aromatic N) is 1. The summed E-state index contributed by atoms with van der Waals surface area (Å²) in [5, 5.41) is 3.35.